The molecule has 2 aliphatic heterocycles. The van der Waals surface area contributed by atoms with Crippen LogP contribution in [0.3, 0.4) is 0 Å². The molecule has 0 radical (unpaired) electrons. The molecule has 2 heterocycles. The van der Waals surface area contributed by atoms with Gasteiger partial charge < -0.3 is 15.0 Å². The predicted octanol–water partition coefficient (Wildman–Crippen LogP) is 4.73. The van der Waals surface area contributed by atoms with Gasteiger partial charge in [0.15, 0.2) is 0 Å². The average molecular weight is 433 g/mol. The highest BCUT2D eigenvalue weighted by Crippen LogP contribution is 2.31. The van der Waals surface area contributed by atoms with E-state index in [1.165, 1.54) is 5.56 Å². The zero-order valence-corrected chi connectivity index (χ0v) is 17.6. The van der Waals surface area contributed by atoms with Gasteiger partial charge >= 0.3 is 0 Å². The van der Waals surface area contributed by atoms with Gasteiger partial charge in [-0.2, -0.15) is 0 Å². The van der Waals surface area contributed by atoms with Gasteiger partial charge in [-0.25, -0.2) is 0 Å². The van der Waals surface area contributed by atoms with Gasteiger partial charge in [-0.05, 0) is 72.5 Å². The number of carbonyl (C=O) groups excluding carboxylic acids is 2. The summed E-state index contributed by atoms with van der Waals surface area (Å²) < 4.78 is 5.72. The minimum Gasteiger partial charge on any atom is -0.492 e. The van der Waals surface area contributed by atoms with Crippen LogP contribution in [0.4, 0.5) is 11.4 Å². The SMILES string of the molecule is O=C(Nc1ccc(C(=O)N2CCc3ccccc32)cc1)C1COc2ccc(Cl)cc2C1. The molecule has 3 aromatic carbocycles. The fraction of sp³-hybridized carbons (Fsp3) is 0.200. The molecule has 5 rings (SSSR count). The molecule has 0 bridgehead atoms. The van der Waals surface area contributed by atoms with Crippen molar-refractivity contribution < 1.29 is 14.3 Å². The number of halogens is 1. The van der Waals surface area contributed by atoms with Crippen LogP contribution in [0.1, 0.15) is 21.5 Å². The second-order valence-electron chi connectivity index (χ2n) is 7.87. The molecular formula is C25H21ClN2O3. The molecule has 156 valence electrons. The third-order valence-corrected chi connectivity index (χ3v) is 6.07. The van der Waals surface area contributed by atoms with Crippen LogP contribution < -0.4 is 15.0 Å². The van der Waals surface area contributed by atoms with Crippen molar-refractivity contribution in [2.75, 3.05) is 23.4 Å². The summed E-state index contributed by atoms with van der Waals surface area (Å²) in [5.74, 6) is 0.336. The standard InChI is InChI=1S/C25H21ClN2O3/c26-20-7-10-23-18(14-20)13-19(15-31-23)24(29)27-21-8-5-17(6-9-21)25(30)28-12-11-16-3-1-2-4-22(16)28/h1-10,14,19H,11-13,15H2,(H,27,29). The summed E-state index contributed by atoms with van der Waals surface area (Å²) in [6.07, 6.45) is 1.44. The van der Waals surface area contributed by atoms with E-state index in [0.717, 1.165) is 23.4 Å². The van der Waals surface area contributed by atoms with Crippen LogP contribution in [-0.2, 0) is 17.6 Å². The Morgan fingerprint density at radius 3 is 2.65 bits per heavy atom. The lowest BCUT2D eigenvalue weighted by Crippen LogP contribution is -2.32. The third-order valence-electron chi connectivity index (χ3n) is 5.83. The number of para-hydroxylation sites is 1. The third kappa shape index (κ3) is 3.89. The lowest BCUT2D eigenvalue weighted by atomic mass is 9.96. The first-order valence-electron chi connectivity index (χ1n) is 10.3. The molecule has 0 saturated heterocycles. The van der Waals surface area contributed by atoms with Crippen LogP contribution in [0.5, 0.6) is 5.75 Å². The molecular weight excluding hydrogens is 412 g/mol. The molecule has 1 atom stereocenters. The van der Waals surface area contributed by atoms with Gasteiger partial charge in [0.05, 0.1) is 5.92 Å². The summed E-state index contributed by atoms with van der Waals surface area (Å²) in [4.78, 5) is 27.5. The van der Waals surface area contributed by atoms with Gasteiger partial charge in [0.2, 0.25) is 5.91 Å². The second-order valence-corrected chi connectivity index (χ2v) is 8.30. The Morgan fingerprint density at radius 1 is 1.00 bits per heavy atom. The maximum Gasteiger partial charge on any atom is 0.258 e. The number of hydrogen-bond acceptors (Lipinski definition) is 3. The Bertz CT molecular complexity index is 1160. The summed E-state index contributed by atoms with van der Waals surface area (Å²) in [6.45, 7) is 1.01. The normalized spacial score (nSPS) is 16.8. The largest absolute Gasteiger partial charge is 0.492 e. The second kappa shape index (κ2) is 8.08. The highest BCUT2D eigenvalue weighted by Gasteiger charge is 2.27. The molecule has 0 spiro atoms. The molecule has 2 aliphatic rings. The van der Waals surface area contributed by atoms with Crippen molar-refractivity contribution in [1.29, 1.82) is 0 Å². The van der Waals surface area contributed by atoms with E-state index in [0.29, 0.717) is 35.8 Å². The minimum atomic E-state index is -0.298. The molecule has 5 nitrogen and oxygen atoms in total. The van der Waals surface area contributed by atoms with Crippen molar-refractivity contribution >= 4 is 34.8 Å². The van der Waals surface area contributed by atoms with Gasteiger partial charge in [-0.1, -0.05) is 29.8 Å². The summed E-state index contributed by atoms with van der Waals surface area (Å²) >= 11 is 6.06. The van der Waals surface area contributed by atoms with E-state index >= 15 is 0 Å². The first-order chi connectivity index (χ1) is 15.1. The van der Waals surface area contributed by atoms with Crippen LogP contribution in [0, 0.1) is 5.92 Å². The van der Waals surface area contributed by atoms with Gasteiger partial charge in [0, 0.05) is 28.5 Å². The predicted molar refractivity (Wildman–Crippen MR) is 121 cm³/mol. The molecule has 3 aromatic rings. The Labute approximate surface area is 185 Å². The van der Waals surface area contributed by atoms with E-state index < -0.39 is 0 Å². The van der Waals surface area contributed by atoms with Crippen LogP contribution >= 0.6 is 11.6 Å². The molecule has 0 fully saturated rings. The monoisotopic (exact) mass is 432 g/mol. The molecule has 0 aliphatic carbocycles. The number of fused-ring (bicyclic) bond motifs is 2. The fourth-order valence-electron chi connectivity index (χ4n) is 4.18. The number of amides is 2. The van der Waals surface area contributed by atoms with E-state index in [4.69, 9.17) is 16.3 Å². The van der Waals surface area contributed by atoms with Gasteiger partial charge in [-0.3, -0.25) is 9.59 Å². The van der Waals surface area contributed by atoms with Crippen molar-refractivity contribution in [3.63, 3.8) is 0 Å². The highest BCUT2D eigenvalue weighted by atomic mass is 35.5. The number of benzene rings is 3. The lowest BCUT2D eigenvalue weighted by molar-refractivity contribution is -0.121. The smallest absolute Gasteiger partial charge is 0.258 e. The zero-order chi connectivity index (χ0) is 21.4. The molecule has 1 N–H and O–H groups in total. The van der Waals surface area contributed by atoms with E-state index in [9.17, 15) is 9.59 Å². The van der Waals surface area contributed by atoms with Crippen molar-refractivity contribution in [3.05, 3.63) is 88.4 Å². The molecule has 1 unspecified atom stereocenters. The molecule has 0 aromatic heterocycles. The van der Waals surface area contributed by atoms with Crippen LogP contribution in [0.2, 0.25) is 5.02 Å². The van der Waals surface area contributed by atoms with Crippen LogP contribution in [-0.4, -0.2) is 25.0 Å². The number of hydrogen-bond donors (Lipinski definition) is 1. The van der Waals surface area contributed by atoms with Crippen molar-refractivity contribution in [1.82, 2.24) is 0 Å². The molecule has 31 heavy (non-hydrogen) atoms. The Morgan fingerprint density at radius 2 is 1.81 bits per heavy atom. The highest BCUT2D eigenvalue weighted by molar-refractivity contribution is 6.30. The van der Waals surface area contributed by atoms with E-state index in [1.807, 2.05) is 35.2 Å². The van der Waals surface area contributed by atoms with Crippen molar-refractivity contribution in [2.45, 2.75) is 12.8 Å². The summed E-state index contributed by atoms with van der Waals surface area (Å²) in [5, 5.41) is 3.56. The maximum absolute atomic E-state index is 12.9. The number of ether oxygens (including phenoxy) is 1. The lowest BCUT2D eigenvalue weighted by Gasteiger charge is -2.24. The Kier molecular flexibility index (Phi) is 5.12. The number of nitrogens with one attached hydrogen (secondary N) is 1. The van der Waals surface area contributed by atoms with E-state index in [1.54, 1.807) is 30.3 Å². The summed E-state index contributed by atoms with van der Waals surface area (Å²) in [6, 6.07) is 20.5. The quantitative estimate of drug-likeness (QED) is 0.650. The minimum absolute atomic E-state index is 0.0306. The van der Waals surface area contributed by atoms with Crippen LogP contribution in [0.15, 0.2) is 66.7 Å². The fourth-order valence-corrected chi connectivity index (χ4v) is 4.37. The van der Waals surface area contributed by atoms with Crippen LogP contribution in [0.25, 0.3) is 0 Å². The van der Waals surface area contributed by atoms with E-state index in [-0.39, 0.29) is 17.7 Å². The van der Waals surface area contributed by atoms with Crippen molar-refractivity contribution in [2.24, 2.45) is 5.92 Å². The first kappa shape index (κ1) is 19.6. The first-order valence-corrected chi connectivity index (χ1v) is 10.7. The number of nitrogens with zero attached hydrogens (tertiary/aromatic N) is 1. The van der Waals surface area contributed by atoms with Gasteiger partial charge in [0.1, 0.15) is 12.4 Å². The zero-order valence-electron chi connectivity index (χ0n) is 16.8. The Hall–Kier alpha value is -3.31. The summed E-state index contributed by atoms with van der Waals surface area (Å²) in [5.41, 5.74) is 4.35. The van der Waals surface area contributed by atoms with Gasteiger partial charge in [0.25, 0.3) is 5.91 Å². The molecule has 0 saturated carbocycles. The molecule has 2 amide bonds. The topological polar surface area (TPSA) is 58.6 Å². The number of rotatable bonds is 3. The van der Waals surface area contributed by atoms with Gasteiger partial charge in [-0.15, -0.1) is 0 Å². The summed E-state index contributed by atoms with van der Waals surface area (Å²) in [7, 11) is 0. The Balaban J connectivity index is 1.25. The van der Waals surface area contributed by atoms with Crippen molar-refractivity contribution in [3.8, 4) is 5.75 Å². The maximum atomic E-state index is 12.9. The molecule has 6 heteroatoms. The number of anilines is 2. The average Bonchev–Trinajstić information content (AvgIpc) is 3.23. The number of carbonyl (C=O) groups is 2. The van der Waals surface area contributed by atoms with E-state index in [2.05, 4.69) is 11.4 Å².